The summed E-state index contributed by atoms with van der Waals surface area (Å²) in [5.74, 6) is 0.0410. The van der Waals surface area contributed by atoms with Crippen LogP contribution in [0.1, 0.15) is 22.6 Å². The number of carbonyl (C=O) groups is 1. The lowest BCUT2D eigenvalue weighted by Crippen LogP contribution is -2.47. The molecule has 25 heavy (non-hydrogen) atoms. The molecule has 2 aliphatic rings. The number of aromatic amines is 1. The van der Waals surface area contributed by atoms with E-state index in [0.717, 1.165) is 46.7 Å². The lowest BCUT2D eigenvalue weighted by molar-refractivity contribution is 0.0646. The predicted molar refractivity (Wildman–Crippen MR) is 97.8 cm³/mol. The summed E-state index contributed by atoms with van der Waals surface area (Å²) < 4.78 is 0. The zero-order chi connectivity index (χ0) is 17.1. The quantitative estimate of drug-likeness (QED) is 0.769. The summed E-state index contributed by atoms with van der Waals surface area (Å²) in [6.07, 6.45) is 1.08. The molecule has 2 bridgehead atoms. The third kappa shape index (κ3) is 2.30. The van der Waals surface area contributed by atoms with Gasteiger partial charge in [-0.05, 0) is 38.6 Å². The number of hydrogen-bond donors (Lipinski definition) is 1. The van der Waals surface area contributed by atoms with Crippen molar-refractivity contribution in [2.24, 2.45) is 0 Å². The lowest BCUT2D eigenvalue weighted by atomic mass is 10.1. The molecule has 4 heterocycles. The van der Waals surface area contributed by atoms with Crippen LogP contribution in [0, 0.1) is 6.92 Å². The molecular weight excluding hydrogens is 334 g/mol. The number of thiazole rings is 1. The summed E-state index contributed by atoms with van der Waals surface area (Å²) >= 11 is 1.62. The molecule has 5 rings (SSSR count). The first kappa shape index (κ1) is 15.0. The second kappa shape index (κ2) is 5.37. The summed E-state index contributed by atoms with van der Waals surface area (Å²) in [4.78, 5) is 22.0. The minimum Gasteiger partial charge on any atom is -0.331 e. The van der Waals surface area contributed by atoms with Gasteiger partial charge in [-0.3, -0.25) is 14.8 Å². The number of likely N-dealkylation sites (N-methyl/N-ethyl adjacent to an activating group) is 1. The fourth-order valence-corrected chi connectivity index (χ4v) is 4.84. The van der Waals surface area contributed by atoms with Crippen LogP contribution < -0.4 is 0 Å². The number of H-pyrrole nitrogens is 1. The highest BCUT2D eigenvalue weighted by molar-refractivity contribution is 7.13. The van der Waals surface area contributed by atoms with E-state index in [0.29, 0.717) is 17.8 Å². The number of hydrogen-bond acceptors (Lipinski definition) is 5. The molecule has 0 saturated carbocycles. The molecule has 2 saturated heterocycles. The first-order valence-electron chi connectivity index (χ1n) is 8.52. The van der Waals surface area contributed by atoms with Crippen LogP contribution in [-0.2, 0) is 0 Å². The number of nitrogens with zero attached hydrogens (tertiary/aromatic N) is 4. The Balaban J connectivity index is 1.52. The molecule has 0 aliphatic carbocycles. The second-order valence-corrected chi connectivity index (χ2v) is 7.93. The summed E-state index contributed by atoms with van der Waals surface area (Å²) in [7, 11) is 2.14. The van der Waals surface area contributed by atoms with Crippen LogP contribution in [0.4, 0.5) is 0 Å². The minimum absolute atomic E-state index is 0.0410. The van der Waals surface area contributed by atoms with Gasteiger partial charge >= 0.3 is 0 Å². The zero-order valence-electron chi connectivity index (χ0n) is 14.2. The Labute approximate surface area is 149 Å². The van der Waals surface area contributed by atoms with Gasteiger partial charge in [0.1, 0.15) is 5.01 Å². The first-order chi connectivity index (χ1) is 12.1. The largest absolute Gasteiger partial charge is 0.331 e. The van der Waals surface area contributed by atoms with Crippen LogP contribution >= 0.6 is 11.3 Å². The molecule has 0 unspecified atom stereocenters. The van der Waals surface area contributed by atoms with Gasteiger partial charge in [0.15, 0.2) is 5.69 Å². The molecule has 6 nitrogen and oxygen atoms in total. The molecule has 2 atom stereocenters. The lowest BCUT2D eigenvalue weighted by Gasteiger charge is -2.31. The van der Waals surface area contributed by atoms with Crippen molar-refractivity contribution in [3.05, 3.63) is 35.0 Å². The molecule has 128 valence electrons. The molecule has 1 amide bonds. The Bertz CT molecular complexity index is 975. The van der Waals surface area contributed by atoms with Crippen molar-refractivity contribution < 1.29 is 4.79 Å². The minimum atomic E-state index is 0.0410. The smallest absolute Gasteiger partial charge is 0.275 e. The Hall–Kier alpha value is -2.25. The fraction of sp³-hybridized carbons (Fsp3) is 0.389. The third-order valence-corrected chi connectivity index (χ3v) is 6.42. The van der Waals surface area contributed by atoms with Crippen molar-refractivity contribution in [1.82, 2.24) is 25.0 Å². The van der Waals surface area contributed by atoms with E-state index in [1.54, 1.807) is 11.3 Å². The van der Waals surface area contributed by atoms with Crippen LogP contribution in [-0.4, -0.2) is 63.1 Å². The maximum absolute atomic E-state index is 13.1. The van der Waals surface area contributed by atoms with Gasteiger partial charge in [-0.2, -0.15) is 5.10 Å². The summed E-state index contributed by atoms with van der Waals surface area (Å²) in [6.45, 7) is 3.76. The SMILES string of the molecule is Cc1csc(-c2ccc3[nH]nc(C(=O)N4C[C@@H]5C[C@H]4CN5C)c3c2)n1. The van der Waals surface area contributed by atoms with Crippen molar-refractivity contribution in [3.8, 4) is 10.6 Å². The van der Waals surface area contributed by atoms with E-state index in [9.17, 15) is 4.79 Å². The van der Waals surface area contributed by atoms with Gasteiger partial charge in [0.25, 0.3) is 5.91 Å². The molecule has 1 N–H and O–H groups in total. The third-order valence-electron chi connectivity index (χ3n) is 5.41. The molecule has 2 aromatic heterocycles. The summed E-state index contributed by atoms with van der Waals surface area (Å²) in [5, 5.41) is 11.2. The number of carbonyl (C=O) groups excluding carboxylic acids is 1. The maximum atomic E-state index is 13.1. The van der Waals surface area contributed by atoms with Crippen LogP contribution in [0.5, 0.6) is 0 Å². The maximum Gasteiger partial charge on any atom is 0.275 e. The Morgan fingerprint density at radius 3 is 2.88 bits per heavy atom. The zero-order valence-corrected chi connectivity index (χ0v) is 15.0. The number of rotatable bonds is 2. The standard InChI is InChI=1S/C18H19N5OS/c1-10-9-25-17(19-10)11-3-4-15-14(5-11)16(21-20-15)18(24)23-8-12-6-13(23)7-22(12)2/h3-5,9,12-13H,6-8H2,1-2H3,(H,20,21)/t12-,13-/m0/s1. The van der Waals surface area contributed by atoms with Crippen molar-refractivity contribution in [2.75, 3.05) is 20.1 Å². The van der Waals surface area contributed by atoms with Crippen molar-refractivity contribution in [1.29, 1.82) is 0 Å². The van der Waals surface area contributed by atoms with E-state index < -0.39 is 0 Å². The summed E-state index contributed by atoms with van der Waals surface area (Å²) in [6, 6.07) is 6.85. The van der Waals surface area contributed by atoms with E-state index in [2.05, 4.69) is 27.1 Å². The molecular formula is C18H19N5OS. The number of aromatic nitrogens is 3. The van der Waals surface area contributed by atoms with Gasteiger partial charge in [-0.1, -0.05) is 0 Å². The van der Waals surface area contributed by atoms with Gasteiger partial charge in [0.05, 0.1) is 5.52 Å². The van der Waals surface area contributed by atoms with Crippen LogP contribution in [0.25, 0.3) is 21.5 Å². The molecule has 0 radical (unpaired) electrons. The Morgan fingerprint density at radius 1 is 1.32 bits per heavy atom. The van der Waals surface area contributed by atoms with E-state index in [4.69, 9.17) is 0 Å². The molecule has 7 heteroatoms. The fourth-order valence-electron chi connectivity index (χ4n) is 4.05. The molecule has 2 fully saturated rings. The topological polar surface area (TPSA) is 65.1 Å². The normalized spacial score (nSPS) is 23.0. The Morgan fingerprint density at radius 2 is 2.20 bits per heavy atom. The second-order valence-electron chi connectivity index (χ2n) is 7.07. The average Bonchev–Trinajstić information content (AvgIpc) is 3.35. The molecule has 2 aliphatic heterocycles. The van der Waals surface area contributed by atoms with E-state index in [-0.39, 0.29) is 5.91 Å². The Kier molecular flexibility index (Phi) is 3.23. The van der Waals surface area contributed by atoms with E-state index in [1.807, 2.05) is 35.4 Å². The number of piperazine rings is 1. The van der Waals surface area contributed by atoms with Gasteiger partial charge in [-0.25, -0.2) is 4.98 Å². The molecule has 0 spiro atoms. The highest BCUT2D eigenvalue weighted by Gasteiger charge is 2.44. The van der Waals surface area contributed by atoms with Gasteiger partial charge in [0, 0.05) is 47.2 Å². The van der Waals surface area contributed by atoms with Gasteiger partial charge < -0.3 is 4.90 Å². The van der Waals surface area contributed by atoms with Crippen LogP contribution in [0.2, 0.25) is 0 Å². The molecule has 3 aromatic rings. The number of nitrogens with one attached hydrogen (secondary N) is 1. The highest BCUT2D eigenvalue weighted by Crippen LogP contribution is 2.32. The highest BCUT2D eigenvalue weighted by atomic mass is 32.1. The van der Waals surface area contributed by atoms with Gasteiger partial charge in [-0.15, -0.1) is 11.3 Å². The average molecular weight is 353 g/mol. The van der Waals surface area contributed by atoms with Crippen LogP contribution in [0.15, 0.2) is 23.6 Å². The van der Waals surface area contributed by atoms with E-state index >= 15 is 0 Å². The number of aryl methyl sites for hydroxylation is 1. The monoisotopic (exact) mass is 353 g/mol. The number of amides is 1. The number of benzene rings is 1. The molecule has 1 aromatic carbocycles. The first-order valence-corrected chi connectivity index (χ1v) is 9.40. The van der Waals surface area contributed by atoms with E-state index in [1.165, 1.54) is 0 Å². The van der Waals surface area contributed by atoms with Crippen molar-refractivity contribution in [3.63, 3.8) is 0 Å². The summed E-state index contributed by atoms with van der Waals surface area (Å²) in [5.41, 5.74) is 3.46. The van der Waals surface area contributed by atoms with Crippen molar-refractivity contribution in [2.45, 2.75) is 25.4 Å². The van der Waals surface area contributed by atoms with Gasteiger partial charge in [0.2, 0.25) is 0 Å². The predicted octanol–water partition coefficient (Wildman–Crippen LogP) is 2.52. The van der Waals surface area contributed by atoms with Crippen molar-refractivity contribution >= 4 is 28.1 Å². The number of likely N-dealkylation sites (tertiary alicyclic amines) is 2. The van der Waals surface area contributed by atoms with Crippen LogP contribution in [0.3, 0.4) is 0 Å². The number of fused-ring (bicyclic) bond motifs is 3.